The van der Waals surface area contributed by atoms with Crippen LogP contribution in [0.3, 0.4) is 0 Å². The molecular formula is C17H9ClF3NO4. The van der Waals surface area contributed by atoms with Crippen LogP contribution in [0.2, 0.25) is 5.02 Å². The highest BCUT2D eigenvalue weighted by Gasteiger charge is 2.43. The number of hydrogen-bond donors (Lipinski definition) is 0. The second-order valence-corrected chi connectivity index (χ2v) is 5.51. The van der Waals surface area contributed by atoms with Crippen LogP contribution in [0.1, 0.15) is 15.9 Å². The fourth-order valence-electron chi connectivity index (χ4n) is 2.04. The average molecular weight is 384 g/mol. The molecule has 0 aliphatic heterocycles. The van der Waals surface area contributed by atoms with Crippen molar-refractivity contribution in [2.24, 2.45) is 0 Å². The van der Waals surface area contributed by atoms with Crippen molar-refractivity contribution in [1.82, 2.24) is 0 Å². The molecule has 0 bridgehead atoms. The number of nitro benzene ring substituents is 1. The molecule has 0 amide bonds. The second-order valence-electron chi connectivity index (χ2n) is 5.07. The summed E-state index contributed by atoms with van der Waals surface area (Å²) in [6, 6.07) is 9.49. The number of ketones is 2. The van der Waals surface area contributed by atoms with Crippen molar-refractivity contribution in [3.05, 3.63) is 80.4 Å². The summed E-state index contributed by atoms with van der Waals surface area (Å²) >= 11 is 5.67. The molecule has 9 heteroatoms. The van der Waals surface area contributed by atoms with Crippen LogP contribution in [0.4, 0.5) is 18.9 Å². The maximum absolute atomic E-state index is 12.9. The first-order valence-electron chi connectivity index (χ1n) is 6.97. The summed E-state index contributed by atoms with van der Waals surface area (Å²) in [4.78, 5) is 34.1. The summed E-state index contributed by atoms with van der Waals surface area (Å²) in [6.45, 7) is 0. The Bertz CT molecular complexity index is 905. The molecule has 0 atom stereocenters. The molecule has 0 aromatic heterocycles. The zero-order valence-corrected chi connectivity index (χ0v) is 13.5. The molecule has 134 valence electrons. The Morgan fingerprint density at radius 1 is 1.08 bits per heavy atom. The molecule has 0 saturated heterocycles. The van der Waals surface area contributed by atoms with Gasteiger partial charge in [0, 0.05) is 22.7 Å². The van der Waals surface area contributed by atoms with Crippen molar-refractivity contribution in [3.8, 4) is 0 Å². The highest BCUT2D eigenvalue weighted by atomic mass is 35.5. The Hall–Kier alpha value is -3.00. The Morgan fingerprint density at radius 2 is 1.69 bits per heavy atom. The number of alkyl halides is 3. The Labute approximate surface area is 149 Å². The number of nitrogens with zero attached hydrogens (tertiary/aromatic N) is 1. The van der Waals surface area contributed by atoms with E-state index in [9.17, 15) is 32.9 Å². The predicted molar refractivity (Wildman–Crippen MR) is 87.9 cm³/mol. The number of Topliss-reactive ketones (excluding diaryl/α,β-unsaturated/α-hetero) is 2. The van der Waals surface area contributed by atoms with E-state index >= 15 is 0 Å². The van der Waals surface area contributed by atoms with Gasteiger partial charge < -0.3 is 0 Å². The van der Waals surface area contributed by atoms with E-state index in [-0.39, 0.29) is 16.1 Å². The van der Waals surface area contributed by atoms with Crippen LogP contribution in [-0.2, 0) is 4.79 Å². The molecule has 0 N–H and O–H groups in total. The van der Waals surface area contributed by atoms with Crippen LogP contribution in [0.25, 0.3) is 6.08 Å². The fraction of sp³-hybridized carbons (Fsp3) is 0.0588. The molecule has 26 heavy (non-hydrogen) atoms. The zero-order chi connectivity index (χ0) is 19.5. The molecule has 2 aromatic rings. The summed E-state index contributed by atoms with van der Waals surface area (Å²) in [6.07, 6.45) is -4.60. The highest BCUT2D eigenvalue weighted by Crippen LogP contribution is 2.26. The Balaban J connectivity index is 2.56. The van der Waals surface area contributed by atoms with Gasteiger partial charge in [0.15, 0.2) is 5.78 Å². The summed E-state index contributed by atoms with van der Waals surface area (Å²) in [5.74, 6) is -3.51. The van der Waals surface area contributed by atoms with E-state index in [0.29, 0.717) is 6.08 Å². The predicted octanol–water partition coefficient (Wildman–Crippen LogP) is 4.65. The summed E-state index contributed by atoms with van der Waals surface area (Å²) < 4.78 is 38.6. The van der Waals surface area contributed by atoms with Crippen molar-refractivity contribution in [2.45, 2.75) is 6.18 Å². The van der Waals surface area contributed by atoms with Gasteiger partial charge in [0.1, 0.15) is 0 Å². The first-order valence-corrected chi connectivity index (χ1v) is 7.35. The molecule has 0 aliphatic rings. The minimum absolute atomic E-state index is 0.0888. The fourth-order valence-corrected chi connectivity index (χ4v) is 2.16. The molecule has 0 saturated carbocycles. The average Bonchev–Trinajstić information content (AvgIpc) is 2.58. The topological polar surface area (TPSA) is 77.3 Å². The van der Waals surface area contributed by atoms with Crippen LogP contribution in [0.5, 0.6) is 0 Å². The lowest BCUT2D eigenvalue weighted by atomic mass is 9.97. The van der Waals surface area contributed by atoms with E-state index in [0.717, 1.165) is 12.1 Å². The third-order valence-electron chi connectivity index (χ3n) is 3.25. The smallest absolute Gasteiger partial charge is 0.288 e. The summed E-state index contributed by atoms with van der Waals surface area (Å²) in [5.41, 5.74) is -1.81. The first-order chi connectivity index (χ1) is 12.1. The minimum atomic E-state index is -5.28. The molecule has 0 radical (unpaired) electrons. The number of benzene rings is 2. The van der Waals surface area contributed by atoms with Gasteiger partial charge in [-0.05, 0) is 35.9 Å². The second kappa shape index (κ2) is 7.49. The van der Waals surface area contributed by atoms with E-state index in [1.54, 1.807) is 0 Å². The van der Waals surface area contributed by atoms with Crippen molar-refractivity contribution < 1.29 is 27.7 Å². The van der Waals surface area contributed by atoms with E-state index < -0.39 is 33.9 Å². The SMILES string of the molecule is O=C(/C(=C/c1cccc([N+](=O)[O-])c1)C(=O)C(F)(F)F)c1ccc(Cl)cc1. The highest BCUT2D eigenvalue weighted by molar-refractivity contribution is 6.32. The van der Waals surface area contributed by atoms with Gasteiger partial charge in [-0.2, -0.15) is 13.2 Å². The van der Waals surface area contributed by atoms with E-state index in [1.807, 2.05) is 0 Å². The number of halogens is 4. The number of hydrogen-bond acceptors (Lipinski definition) is 4. The number of carbonyl (C=O) groups is 2. The van der Waals surface area contributed by atoms with Gasteiger partial charge >= 0.3 is 6.18 Å². The molecule has 0 fully saturated rings. The van der Waals surface area contributed by atoms with Crippen molar-refractivity contribution in [2.75, 3.05) is 0 Å². The third kappa shape index (κ3) is 4.54. The summed E-state index contributed by atoms with van der Waals surface area (Å²) in [5, 5.41) is 11.0. The monoisotopic (exact) mass is 383 g/mol. The van der Waals surface area contributed by atoms with Gasteiger partial charge in [0.05, 0.1) is 10.5 Å². The van der Waals surface area contributed by atoms with E-state index in [4.69, 9.17) is 11.6 Å². The number of nitro groups is 1. The van der Waals surface area contributed by atoms with Gasteiger partial charge in [-0.3, -0.25) is 19.7 Å². The number of allylic oxidation sites excluding steroid dienone is 1. The van der Waals surface area contributed by atoms with Gasteiger partial charge in [-0.15, -0.1) is 0 Å². The van der Waals surface area contributed by atoms with Gasteiger partial charge in [0.25, 0.3) is 11.5 Å². The van der Waals surface area contributed by atoms with Crippen molar-refractivity contribution >= 4 is 34.9 Å². The molecule has 0 heterocycles. The van der Waals surface area contributed by atoms with Gasteiger partial charge in [-0.25, -0.2) is 0 Å². The number of rotatable bonds is 5. The maximum atomic E-state index is 12.9. The van der Waals surface area contributed by atoms with Crippen molar-refractivity contribution in [1.29, 1.82) is 0 Å². The zero-order valence-electron chi connectivity index (χ0n) is 12.8. The van der Waals surface area contributed by atoms with Gasteiger partial charge in [0.2, 0.25) is 0 Å². The lowest BCUT2D eigenvalue weighted by Crippen LogP contribution is -2.28. The molecule has 2 rings (SSSR count). The number of non-ortho nitro benzene ring substituents is 1. The molecule has 0 spiro atoms. The molecular weight excluding hydrogens is 375 g/mol. The van der Waals surface area contributed by atoms with Crippen LogP contribution in [0.15, 0.2) is 54.1 Å². The third-order valence-corrected chi connectivity index (χ3v) is 3.50. The Morgan fingerprint density at radius 3 is 2.23 bits per heavy atom. The number of carbonyl (C=O) groups excluding carboxylic acids is 2. The normalized spacial score (nSPS) is 11.9. The van der Waals surface area contributed by atoms with Crippen LogP contribution < -0.4 is 0 Å². The lowest BCUT2D eigenvalue weighted by molar-refractivity contribution is -0.384. The van der Waals surface area contributed by atoms with E-state index in [1.165, 1.54) is 36.4 Å². The molecule has 0 unspecified atom stereocenters. The largest absolute Gasteiger partial charge is 0.455 e. The Kier molecular flexibility index (Phi) is 5.56. The van der Waals surface area contributed by atoms with Crippen molar-refractivity contribution in [3.63, 3.8) is 0 Å². The van der Waals surface area contributed by atoms with Crippen LogP contribution in [-0.4, -0.2) is 22.7 Å². The van der Waals surface area contributed by atoms with Crippen LogP contribution in [0, 0.1) is 10.1 Å². The molecule has 2 aromatic carbocycles. The standard InChI is InChI=1S/C17H9ClF3NO4/c18-12-6-4-11(5-7-12)15(23)14(16(24)17(19,20)21)9-10-2-1-3-13(8-10)22(25)26/h1-9H/b14-9-. The first kappa shape index (κ1) is 19.3. The maximum Gasteiger partial charge on any atom is 0.455 e. The minimum Gasteiger partial charge on any atom is -0.288 e. The quantitative estimate of drug-likeness (QED) is 0.188. The van der Waals surface area contributed by atoms with Gasteiger partial charge in [-0.1, -0.05) is 23.7 Å². The van der Waals surface area contributed by atoms with Crippen LogP contribution >= 0.6 is 11.6 Å². The summed E-state index contributed by atoms with van der Waals surface area (Å²) in [7, 11) is 0. The lowest BCUT2D eigenvalue weighted by Gasteiger charge is -2.09. The molecule has 5 nitrogen and oxygen atoms in total. The molecule has 0 aliphatic carbocycles. The van der Waals surface area contributed by atoms with E-state index in [2.05, 4.69) is 0 Å².